The minimum Gasteiger partial charge on any atom is -0.454 e. The highest BCUT2D eigenvalue weighted by Gasteiger charge is 2.22. The third-order valence-electron chi connectivity index (χ3n) is 3.90. The van der Waals surface area contributed by atoms with Crippen LogP contribution < -0.4 is 15.2 Å². The molecule has 3 rings (SSSR count). The molecule has 17 heavy (non-hydrogen) atoms. The first-order valence-corrected chi connectivity index (χ1v) is 6.47. The Balaban J connectivity index is 1.72. The molecule has 0 amide bonds. The number of hydrogen-bond donors (Lipinski definition) is 1. The Bertz CT molecular complexity index is 405. The second-order valence-electron chi connectivity index (χ2n) is 5.10. The molecule has 2 N–H and O–H groups in total. The summed E-state index contributed by atoms with van der Waals surface area (Å²) in [4.78, 5) is 0. The molecule has 1 aliphatic carbocycles. The van der Waals surface area contributed by atoms with Crippen molar-refractivity contribution in [3.63, 3.8) is 0 Å². The third-order valence-corrected chi connectivity index (χ3v) is 3.90. The van der Waals surface area contributed by atoms with E-state index < -0.39 is 0 Å². The molecule has 92 valence electrons. The summed E-state index contributed by atoms with van der Waals surface area (Å²) in [6.45, 7) is 0.349. The molecule has 3 heteroatoms. The second kappa shape index (κ2) is 4.57. The van der Waals surface area contributed by atoms with Gasteiger partial charge in [-0.2, -0.15) is 0 Å². The lowest BCUT2D eigenvalue weighted by molar-refractivity contribution is 0.174. The van der Waals surface area contributed by atoms with E-state index in [1.807, 2.05) is 6.07 Å². The Labute approximate surface area is 102 Å². The van der Waals surface area contributed by atoms with Crippen LogP contribution in [-0.2, 0) is 6.42 Å². The van der Waals surface area contributed by atoms with Crippen molar-refractivity contribution in [2.45, 2.75) is 38.1 Å². The Morgan fingerprint density at radius 2 is 1.94 bits per heavy atom. The molecule has 1 saturated carbocycles. The molecule has 0 aromatic heterocycles. The summed E-state index contributed by atoms with van der Waals surface area (Å²) in [5, 5.41) is 0. The van der Waals surface area contributed by atoms with Crippen molar-refractivity contribution < 1.29 is 9.47 Å². The molecule has 2 atom stereocenters. The average molecular weight is 233 g/mol. The maximum absolute atomic E-state index is 6.18. The molecular weight excluding hydrogens is 214 g/mol. The predicted molar refractivity (Wildman–Crippen MR) is 66.2 cm³/mol. The zero-order valence-electron chi connectivity index (χ0n) is 10.0. The summed E-state index contributed by atoms with van der Waals surface area (Å²) in [6.07, 6.45) is 6.12. The monoisotopic (exact) mass is 233 g/mol. The van der Waals surface area contributed by atoms with Gasteiger partial charge < -0.3 is 15.2 Å². The van der Waals surface area contributed by atoms with E-state index in [9.17, 15) is 0 Å². The summed E-state index contributed by atoms with van der Waals surface area (Å²) in [5.41, 5.74) is 7.50. The minimum atomic E-state index is 0.349. The molecule has 0 bridgehead atoms. The van der Waals surface area contributed by atoms with E-state index in [4.69, 9.17) is 15.2 Å². The number of ether oxygens (including phenoxy) is 2. The van der Waals surface area contributed by atoms with Crippen LogP contribution in [0.5, 0.6) is 11.5 Å². The Morgan fingerprint density at radius 3 is 2.82 bits per heavy atom. The molecule has 0 unspecified atom stereocenters. The number of nitrogens with two attached hydrogens (primary N) is 1. The number of fused-ring (bicyclic) bond motifs is 1. The number of rotatable bonds is 2. The lowest BCUT2D eigenvalue weighted by atomic mass is 9.81. The first-order chi connectivity index (χ1) is 8.33. The number of hydrogen-bond acceptors (Lipinski definition) is 3. The highest BCUT2D eigenvalue weighted by molar-refractivity contribution is 5.44. The van der Waals surface area contributed by atoms with Gasteiger partial charge in [0.15, 0.2) is 11.5 Å². The fourth-order valence-electron chi connectivity index (χ4n) is 2.86. The Kier molecular flexibility index (Phi) is 2.93. The molecule has 0 radical (unpaired) electrons. The van der Waals surface area contributed by atoms with Crippen LogP contribution in [0.4, 0.5) is 0 Å². The van der Waals surface area contributed by atoms with Crippen LogP contribution in [0.25, 0.3) is 0 Å². The Hall–Kier alpha value is -1.22. The minimum absolute atomic E-state index is 0.349. The van der Waals surface area contributed by atoms with Gasteiger partial charge in [-0.25, -0.2) is 0 Å². The topological polar surface area (TPSA) is 44.5 Å². The van der Waals surface area contributed by atoms with Crippen molar-refractivity contribution in [3.8, 4) is 11.5 Å². The van der Waals surface area contributed by atoms with Crippen LogP contribution in [0, 0.1) is 5.92 Å². The van der Waals surface area contributed by atoms with Crippen LogP contribution in [-0.4, -0.2) is 12.8 Å². The van der Waals surface area contributed by atoms with E-state index in [1.165, 1.54) is 31.2 Å². The van der Waals surface area contributed by atoms with Gasteiger partial charge >= 0.3 is 0 Å². The molecule has 0 spiro atoms. The average Bonchev–Trinajstić information content (AvgIpc) is 2.79. The largest absolute Gasteiger partial charge is 0.454 e. The highest BCUT2D eigenvalue weighted by atomic mass is 16.7. The van der Waals surface area contributed by atoms with Crippen molar-refractivity contribution in [2.75, 3.05) is 6.79 Å². The van der Waals surface area contributed by atoms with E-state index >= 15 is 0 Å². The quantitative estimate of drug-likeness (QED) is 0.853. The SMILES string of the molecule is N[C@@H]1CCCC[C@@H]1Cc1ccc2c(c1)OCO2. The predicted octanol–water partition coefficient (Wildman–Crippen LogP) is 2.48. The van der Waals surface area contributed by atoms with Gasteiger partial charge in [0, 0.05) is 6.04 Å². The lowest BCUT2D eigenvalue weighted by Gasteiger charge is -2.28. The summed E-state index contributed by atoms with van der Waals surface area (Å²) in [7, 11) is 0. The third kappa shape index (κ3) is 2.25. The van der Waals surface area contributed by atoms with E-state index in [0.29, 0.717) is 18.8 Å². The van der Waals surface area contributed by atoms with Crippen LogP contribution in [0.2, 0.25) is 0 Å². The van der Waals surface area contributed by atoms with Gasteiger partial charge in [0.2, 0.25) is 6.79 Å². The van der Waals surface area contributed by atoms with Crippen molar-refractivity contribution in [1.29, 1.82) is 0 Å². The summed E-state index contributed by atoms with van der Waals surface area (Å²) < 4.78 is 10.7. The van der Waals surface area contributed by atoms with Crippen molar-refractivity contribution in [1.82, 2.24) is 0 Å². The molecule has 3 nitrogen and oxygen atoms in total. The van der Waals surface area contributed by atoms with E-state index in [2.05, 4.69) is 12.1 Å². The van der Waals surface area contributed by atoms with Crippen LogP contribution >= 0.6 is 0 Å². The highest BCUT2D eigenvalue weighted by Crippen LogP contribution is 2.34. The van der Waals surface area contributed by atoms with Crippen LogP contribution in [0.1, 0.15) is 31.2 Å². The van der Waals surface area contributed by atoms with Crippen molar-refractivity contribution >= 4 is 0 Å². The van der Waals surface area contributed by atoms with Crippen LogP contribution in [0.3, 0.4) is 0 Å². The standard InChI is InChI=1S/C14H19NO2/c15-12-4-2-1-3-11(12)7-10-5-6-13-14(8-10)17-9-16-13/h5-6,8,11-12H,1-4,7,9,15H2/t11-,12-/m1/s1. The lowest BCUT2D eigenvalue weighted by Crippen LogP contribution is -2.34. The van der Waals surface area contributed by atoms with Crippen LogP contribution in [0.15, 0.2) is 18.2 Å². The maximum atomic E-state index is 6.18. The fraction of sp³-hybridized carbons (Fsp3) is 0.571. The van der Waals surface area contributed by atoms with Gasteiger partial charge in [-0.15, -0.1) is 0 Å². The molecular formula is C14H19NO2. The van der Waals surface area contributed by atoms with Gasteiger partial charge in [-0.05, 0) is 42.9 Å². The molecule has 1 aliphatic heterocycles. The molecule has 1 aromatic carbocycles. The summed E-state index contributed by atoms with van der Waals surface area (Å²) in [6, 6.07) is 6.61. The molecule has 1 heterocycles. The summed E-state index contributed by atoms with van der Waals surface area (Å²) in [5.74, 6) is 2.37. The second-order valence-corrected chi connectivity index (χ2v) is 5.10. The summed E-state index contributed by atoms with van der Waals surface area (Å²) >= 11 is 0. The maximum Gasteiger partial charge on any atom is 0.231 e. The first kappa shape index (κ1) is 10.9. The van der Waals surface area contributed by atoms with Crippen molar-refractivity contribution in [2.24, 2.45) is 11.7 Å². The molecule has 1 aromatic rings. The fourth-order valence-corrected chi connectivity index (χ4v) is 2.86. The normalized spacial score (nSPS) is 27.1. The molecule has 0 saturated heterocycles. The van der Waals surface area contributed by atoms with E-state index in [-0.39, 0.29) is 0 Å². The Morgan fingerprint density at radius 1 is 1.12 bits per heavy atom. The molecule has 1 fully saturated rings. The van der Waals surface area contributed by atoms with Gasteiger partial charge in [-0.3, -0.25) is 0 Å². The van der Waals surface area contributed by atoms with E-state index in [0.717, 1.165) is 17.9 Å². The number of benzene rings is 1. The van der Waals surface area contributed by atoms with Gasteiger partial charge in [-0.1, -0.05) is 18.9 Å². The van der Waals surface area contributed by atoms with Gasteiger partial charge in [0.05, 0.1) is 0 Å². The van der Waals surface area contributed by atoms with Gasteiger partial charge in [0.1, 0.15) is 0 Å². The van der Waals surface area contributed by atoms with E-state index in [1.54, 1.807) is 0 Å². The smallest absolute Gasteiger partial charge is 0.231 e. The zero-order chi connectivity index (χ0) is 11.7. The molecule has 2 aliphatic rings. The first-order valence-electron chi connectivity index (χ1n) is 6.47. The van der Waals surface area contributed by atoms with Gasteiger partial charge in [0.25, 0.3) is 0 Å². The zero-order valence-corrected chi connectivity index (χ0v) is 10.0. The van der Waals surface area contributed by atoms with Crippen molar-refractivity contribution in [3.05, 3.63) is 23.8 Å².